The first-order valence-corrected chi connectivity index (χ1v) is 12.3. The second-order valence-electron chi connectivity index (χ2n) is 7.35. The molecule has 154 valence electrons. The van der Waals surface area contributed by atoms with E-state index in [0.29, 0.717) is 30.0 Å². The van der Waals surface area contributed by atoms with Gasteiger partial charge in [0.25, 0.3) is 0 Å². The van der Waals surface area contributed by atoms with Crippen LogP contribution in [0.15, 0.2) is 47.4 Å². The first-order valence-electron chi connectivity index (χ1n) is 9.71. The van der Waals surface area contributed by atoms with Crippen LogP contribution >= 0.6 is 11.8 Å². The van der Waals surface area contributed by atoms with Crippen molar-refractivity contribution in [2.24, 2.45) is 5.92 Å². The largest absolute Gasteiger partial charge is 0.312 e. The summed E-state index contributed by atoms with van der Waals surface area (Å²) in [4.78, 5) is 14.4. The minimum absolute atomic E-state index is 0.146. The van der Waals surface area contributed by atoms with Crippen LogP contribution in [0.25, 0.3) is 0 Å². The lowest BCUT2D eigenvalue weighted by atomic mass is 10.2. The Morgan fingerprint density at radius 3 is 2.76 bits per heavy atom. The Kier molecular flexibility index (Phi) is 5.94. The third-order valence-electron chi connectivity index (χ3n) is 5.20. The number of anilines is 1. The van der Waals surface area contributed by atoms with E-state index in [4.69, 9.17) is 0 Å². The molecule has 0 atom stereocenters. The van der Waals surface area contributed by atoms with E-state index in [1.807, 2.05) is 0 Å². The van der Waals surface area contributed by atoms with E-state index < -0.39 is 10.0 Å². The van der Waals surface area contributed by atoms with Crippen molar-refractivity contribution in [3.8, 4) is 0 Å². The summed E-state index contributed by atoms with van der Waals surface area (Å²) in [5, 5.41) is 0. The van der Waals surface area contributed by atoms with Gasteiger partial charge in [-0.05, 0) is 54.7 Å². The van der Waals surface area contributed by atoms with E-state index in [2.05, 4.69) is 4.72 Å². The van der Waals surface area contributed by atoms with Gasteiger partial charge in [-0.3, -0.25) is 4.79 Å². The van der Waals surface area contributed by atoms with Crippen molar-refractivity contribution >= 4 is 33.4 Å². The molecule has 0 radical (unpaired) electrons. The number of nitrogens with one attached hydrogen (secondary N) is 1. The SMILES string of the molecule is O=C(C1CC1)N1CCc2cc(S(=O)(=O)NCCSCc3ccccc3F)ccc21. The Labute approximate surface area is 174 Å². The summed E-state index contributed by atoms with van der Waals surface area (Å²) in [6.45, 7) is 0.888. The Balaban J connectivity index is 1.32. The van der Waals surface area contributed by atoms with Gasteiger partial charge >= 0.3 is 0 Å². The topological polar surface area (TPSA) is 66.5 Å². The number of sulfonamides is 1. The molecule has 0 saturated heterocycles. The minimum Gasteiger partial charge on any atom is -0.312 e. The van der Waals surface area contributed by atoms with Crippen LogP contribution in [0.2, 0.25) is 0 Å². The molecule has 29 heavy (non-hydrogen) atoms. The third-order valence-corrected chi connectivity index (χ3v) is 7.67. The second-order valence-corrected chi connectivity index (χ2v) is 10.2. The third kappa shape index (κ3) is 4.65. The van der Waals surface area contributed by atoms with E-state index in [9.17, 15) is 17.6 Å². The highest BCUT2D eigenvalue weighted by molar-refractivity contribution is 7.98. The molecule has 0 spiro atoms. The fraction of sp³-hybridized carbons (Fsp3) is 0.381. The first-order chi connectivity index (χ1) is 14.0. The van der Waals surface area contributed by atoms with Gasteiger partial charge in [0.1, 0.15) is 5.82 Å². The average molecular weight is 435 g/mol. The van der Waals surface area contributed by atoms with Gasteiger partial charge in [-0.15, -0.1) is 0 Å². The maximum absolute atomic E-state index is 13.6. The lowest BCUT2D eigenvalue weighted by molar-refractivity contribution is -0.119. The molecule has 8 heteroatoms. The number of amides is 1. The molecule has 1 aliphatic carbocycles. The molecule has 4 rings (SSSR count). The number of hydrogen-bond donors (Lipinski definition) is 1. The summed E-state index contributed by atoms with van der Waals surface area (Å²) >= 11 is 1.48. The number of nitrogens with zero attached hydrogens (tertiary/aromatic N) is 1. The van der Waals surface area contributed by atoms with Gasteiger partial charge in [-0.2, -0.15) is 11.8 Å². The van der Waals surface area contributed by atoms with Crippen LogP contribution in [0, 0.1) is 11.7 Å². The Hall–Kier alpha value is -1.90. The summed E-state index contributed by atoms with van der Waals surface area (Å²) in [7, 11) is -3.62. The van der Waals surface area contributed by atoms with Crippen molar-refractivity contribution in [3.63, 3.8) is 0 Å². The van der Waals surface area contributed by atoms with E-state index >= 15 is 0 Å². The molecular weight excluding hydrogens is 411 g/mol. The van der Waals surface area contributed by atoms with Gasteiger partial charge in [0, 0.05) is 36.2 Å². The molecule has 1 saturated carbocycles. The van der Waals surface area contributed by atoms with Crippen molar-refractivity contribution in [1.82, 2.24) is 4.72 Å². The van der Waals surface area contributed by atoms with Crippen molar-refractivity contribution in [2.75, 3.05) is 23.7 Å². The Bertz CT molecular complexity index is 1020. The molecule has 0 aromatic heterocycles. The number of carbonyl (C=O) groups excluding carboxylic acids is 1. The number of benzene rings is 2. The minimum atomic E-state index is -3.62. The summed E-state index contributed by atoms with van der Waals surface area (Å²) in [6.07, 6.45) is 2.58. The van der Waals surface area contributed by atoms with Gasteiger partial charge in [-0.1, -0.05) is 18.2 Å². The summed E-state index contributed by atoms with van der Waals surface area (Å²) < 4.78 is 41.4. The maximum atomic E-state index is 13.6. The van der Waals surface area contributed by atoms with Gasteiger partial charge < -0.3 is 4.90 Å². The summed E-state index contributed by atoms with van der Waals surface area (Å²) in [5.41, 5.74) is 2.35. The molecule has 2 aromatic carbocycles. The monoisotopic (exact) mass is 434 g/mol. The zero-order chi connectivity index (χ0) is 20.4. The van der Waals surface area contributed by atoms with Gasteiger partial charge in [0.05, 0.1) is 4.90 Å². The van der Waals surface area contributed by atoms with E-state index in [0.717, 1.165) is 24.1 Å². The quantitative estimate of drug-likeness (QED) is 0.647. The van der Waals surface area contributed by atoms with E-state index in [1.165, 1.54) is 17.8 Å². The van der Waals surface area contributed by atoms with Crippen LogP contribution in [0.3, 0.4) is 0 Å². The predicted molar refractivity (Wildman–Crippen MR) is 113 cm³/mol. The van der Waals surface area contributed by atoms with Crippen LogP contribution < -0.4 is 9.62 Å². The molecule has 1 heterocycles. The molecule has 5 nitrogen and oxygen atoms in total. The standard InChI is InChI=1S/C21H23FN2O3S2/c22-19-4-2-1-3-17(19)14-28-12-10-23-29(26,27)18-7-8-20-16(13-18)9-11-24(20)21(25)15-5-6-15/h1-4,7-8,13,15,23H,5-6,9-12,14H2. The molecule has 2 aromatic rings. The smallest absolute Gasteiger partial charge is 0.240 e. The van der Waals surface area contributed by atoms with Crippen LogP contribution in [-0.2, 0) is 27.0 Å². The molecule has 2 aliphatic rings. The normalized spacial score (nSPS) is 16.1. The van der Waals surface area contributed by atoms with Crippen molar-refractivity contribution in [2.45, 2.75) is 29.9 Å². The lowest BCUT2D eigenvalue weighted by Crippen LogP contribution is -2.30. The molecule has 0 bridgehead atoms. The van der Waals surface area contributed by atoms with Crippen LogP contribution in [0.5, 0.6) is 0 Å². The summed E-state index contributed by atoms with van der Waals surface area (Å²) in [6, 6.07) is 11.6. The molecule has 1 aliphatic heterocycles. The number of rotatable bonds is 8. The fourth-order valence-corrected chi connectivity index (χ4v) is 5.51. The van der Waals surface area contributed by atoms with Crippen molar-refractivity contribution in [1.29, 1.82) is 0 Å². The van der Waals surface area contributed by atoms with Crippen LogP contribution in [-0.4, -0.2) is 33.2 Å². The second kappa shape index (κ2) is 8.45. The van der Waals surface area contributed by atoms with Gasteiger partial charge in [-0.25, -0.2) is 17.5 Å². The van der Waals surface area contributed by atoms with Gasteiger partial charge in [0.2, 0.25) is 15.9 Å². The average Bonchev–Trinajstić information content (AvgIpc) is 3.47. The molecule has 1 amide bonds. The highest BCUT2D eigenvalue weighted by Gasteiger charge is 2.36. The molecular formula is C21H23FN2O3S2. The Morgan fingerprint density at radius 1 is 1.21 bits per heavy atom. The predicted octanol–water partition coefficient (Wildman–Crippen LogP) is 3.34. The van der Waals surface area contributed by atoms with Crippen molar-refractivity contribution < 1.29 is 17.6 Å². The fourth-order valence-electron chi connectivity index (χ4n) is 3.45. The number of fused-ring (bicyclic) bond motifs is 1. The van der Waals surface area contributed by atoms with Crippen LogP contribution in [0.4, 0.5) is 10.1 Å². The highest BCUT2D eigenvalue weighted by Crippen LogP contribution is 2.37. The highest BCUT2D eigenvalue weighted by atomic mass is 32.2. The Morgan fingerprint density at radius 2 is 2.00 bits per heavy atom. The zero-order valence-electron chi connectivity index (χ0n) is 15.9. The van der Waals surface area contributed by atoms with Crippen molar-refractivity contribution in [3.05, 3.63) is 59.4 Å². The molecule has 1 N–H and O–H groups in total. The van der Waals surface area contributed by atoms with E-state index in [-0.39, 0.29) is 29.1 Å². The molecule has 1 fully saturated rings. The molecule has 0 unspecified atom stereocenters. The first kappa shape index (κ1) is 20.4. The van der Waals surface area contributed by atoms with E-state index in [1.54, 1.807) is 41.3 Å². The van der Waals surface area contributed by atoms with Crippen LogP contribution in [0.1, 0.15) is 24.0 Å². The number of carbonyl (C=O) groups is 1. The lowest BCUT2D eigenvalue weighted by Gasteiger charge is -2.17. The number of hydrogen-bond acceptors (Lipinski definition) is 4. The number of thioether (sulfide) groups is 1. The zero-order valence-corrected chi connectivity index (χ0v) is 17.6. The van der Waals surface area contributed by atoms with Gasteiger partial charge in [0.15, 0.2) is 0 Å². The maximum Gasteiger partial charge on any atom is 0.240 e. The summed E-state index contributed by atoms with van der Waals surface area (Å²) in [5.74, 6) is 1.10. The number of halogens is 1.